The monoisotopic (exact) mass is 568 g/mol. The zero-order chi connectivity index (χ0) is 22.4. The van der Waals surface area contributed by atoms with Crippen LogP contribution >= 0.6 is 24.0 Å². The molecular weight excluding hydrogens is 527 g/mol. The fourth-order valence-corrected chi connectivity index (χ4v) is 6.04. The Bertz CT molecular complexity index is 808. The molecule has 33 heavy (non-hydrogen) atoms. The number of hydrogen-bond acceptors (Lipinski definition) is 4. The lowest BCUT2D eigenvalue weighted by atomic mass is 9.74. The number of primary amides is 1. The molecule has 1 spiro atoms. The van der Waals surface area contributed by atoms with Gasteiger partial charge in [-0.2, -0.15) is 0 Å². The zero-order valence-corrected chi connectivity index (χ0v) is 22.4. The first-order valence-electron chi connectivity index (χ1n) is 12.5. The number of anilines is 1. The number of halogens is 1. The number of amides is 1. The zero-order valence-electron chi connectivity index (χ0n) is 20.1. The molecule has 1 aliphatic carbocycles. The van der Waals surface area contributed by atoms with Crippen molar-refractivity contribution in [3.63, 3.8) is 0 Å². The molecule has 3 fully saturated rings. The van der Waals surface area contributed by atoms with Crippen LogP contribution in [0.15, 0.2) is 23.3 Å². The Hall–Kier alpha value is -1.58. The number of likely N-dealkylation sites (tertiary alicyclic amines) is 1. The largest absolute Gasteiger partial charge is 0.369 e. The van der Waals surface area contributed by atoms with Crippen LogP contribution in [0.3, 0.4) is 0 Å². The minimum Gasteiger partial charge on any atom is -0.369 e. The highest BCUT2D eigenvalue weighted by Crippen LogP contribution is 2.42. The number of nitrogens with two attached hydrogens (primary N) is 1. The lowest BCUT2D eigenvalue weighted by molar-refractivity contribution is -0.122. The van der Waals surface area contributed by atoms with Gasteiger partial charge in [0.2, 0.25) is 5.91 Å². The molecule has 1 saturated carbocycles. The summed E-state index contributed by atoms with van der Waals surface area (Å²) < 4.78 is 0. The number of nitrogens with zero attached hydrogens (tertiary/aromatic N) is 4. The van der Waals surface area contributed by atoms with E-state index in [-0.39, 0.29) is 35.8 Å². The Kier molecular flexibility index (Phi) is 9.64. The van der Waals surface area contributed by atoms with Crippen LogP contribution in [-0.2, 0) is 11.3 Å². The normalized spacial score (nSPS) is 23.5. The molecule has 0 bridgehead atoms. The van der Waals surface area contributed by atoms with Gasteiger partial charge in [-0.1, -0.05) is 31.7 Å². The first kappa shape index (κ1) is 26.0. The number of carbonyl (C=O) groups is 1. The van der Waals surface area contributed by atoms with Crippen LogP contribution in [0.4, 0.5) is 5.82 Å². The molecule has 0 aromatic carbocycles. The fourth-order valence-electron chi connectivity index (χ4n) is 6.04. The fraction of sp³-hybridized carbons (Fsp3) is 0.720. The summed E-state index contributed by atoms with van der Waals surface area (Å²) in [7, 11) is 1.89. The highest BCUT2D eigenvalue weighted by atomic mass is 127. The van der Waals surface area contributed by atoms with Crippen LogP contribution in [0.1, 0.15) is 69.8 Å². The number of aliphatic imine (C=N–C) groups is 1. The molecule has 0 radical (unpaired) electrons. The van der Waals surface area contributed by atoms with Gasteiger partial charge in [0.15, 0.2) is 5.96 Å². The Balaban J connectivity index is 0.00000306. The number of guanidine groups is 1. The van der Waals surface area contributed by atoms with Crippen molar-refractivity contribution in [2.75, 3.05) is 38.1 Å². The maximum absolute atomic E-state index is 11.7. The van der Waals surface area contributed by atoms with Crippen LogP contribution in [0.2, 0.25) is 0 Å². The van der Waals surface area contributed by atoms with Gasteiger partial charge in [0.1, 0.15) is 5.82 Å². The Morgan fingerprint density at radius 1 is 1.18 bits per heavy atom. The summed E-state index contributed by atoms with van der Waals surface area (Å²) in [6, 6.07) is 4.11. The first-order chi connectivity index (χ1) is 15.6. The Labute approximate surface area is 216 Å². The van der Waals surface area contributed by atoms with Crippen molar-refractivity contribution in [1.82, 2.24) is 15.2 Å². The van der Waals surface area contributed by atoms with Crippen molar-refractivity contribution in [1.29, 1.82) is 0 Å². The molecule has 4 rings (SSSR count). The molecule has 2 saturated heterocycles. The number of nitrogens with one attached hydrogen (secondary N) is 1. The number of pyridine rings is 1. The minimum atomic E-state index is -0.205. The lowest BCUT2D eigenvalue weighted by Gasteiger charge is -2.44. The van der Waals surface area contributed by atoms with Crippen LogP contribution in [0, 0.1) is 11.3 Å². The third-order valence-corrected chi connectivity index (χ3v) is 7.76. The summed E-state index contributed by atoms with van der Waals surface area (Å²) in [5.74, 6) is 1.66. The van der Waals surface area contributed by atoms with Gasteiger partial charge in [0, 0.05) is 51.5 Å². The van der Waals surface area contributed by atoms with Crippen molar-refractivity contribution < 1.29 is 4.79 Å². The van der Waals surface area contributed by atoms with E-state index in [2.05, 4.69) is 31.2 Å². The molecule has 3 N–H and O–H groups in total. The second-order valence-corrected chi connectivity index (χ2v) is 10.0. The summed E-state index contributed by atoms with van der Waals surface area (Å²) in [6.07, 6.45) is 14.6. The molecule has 1 atom stereocenters. The lowest BCUT2D eigenvalue weighted by Crippen LogP contribution is -2.50. The van der Waals surface area contributed by atoms with E-state index in [4.69, 9.17) is 5.73 Å². The third kappa shape index (κ3) is 6.51. The maximum Gasteiger partial charge on any atom is 0.222 e. The Morgan fingerprint density at radius 2 is 1.94 bits per heavy atom. The van der Waals surface area contributed by atoms with Gasteiger partial charge in [-0.25, -0.2) is 4.98 Å². The molecule has 1 amide bonds. The molecule has 1 unspecified atom stereocenters. The van der Waals surface area contributed by atoms with Crippen LogP contribution in [-0.4, -0.2) is 55.0 Å². The van der Waals surface area contributed by atoms with E-state index in [1.54, 1.807) is 0 Å². The van der Waals surface area contributed by atoms with E-state index < -0.39 is 0 Å². The molecule has 1 aromatic rings. The summed E-state index contributed by atoms with van der Waals surface area (Å²) >= 11 is 0. The molecule has 7 nitrogen and oxygen atoms in total. The molecule has 8 heteroatoms. The molecule has 3 heterocycles. The minimum absolute atomic E-state index is 0. The number of piperidine rings is 2. The second kappa shape index (κ2) is 12.2. The molecule has 1 aromatic heterocycles. The summed E-state index contributed by atoms with van der Waals surface area (Å²) in [5.41, 5.74) is 7.21. The van der Waals surface area contributed by atoms with Gasteiger partial charge < -0.3 is 20.9 Å². The SMILES string of the molecule is CN=C(NCc1cccnc1N1CCCC(C(N)=O)C1)N1CCCC2(CCCCCC2)C1.I. The first-order valence-corrected chi connectivity index (χ1v) is 12.5. The van der Waals surface area contributed by atoms with Gasteiger partial charge in [-0.05, 0) is 50.0 Å². The topological polar surface area (TPSA) is 86.9 Å². The molecular formula is C25H41IN6O. The van der Waals surface area contributed by atoms with Crippen LogP contribution < -0.4 is 16.0 Å². The van der Waals surface area contributed by atoms with E-state index in [0.29, 0.717) is 18.5 Å². The van der Waals surface area contributed by atoms with E-state index in [1.165, 1.54) is 51.4 Å². The summed E-state index contributed by atoms with van der Waals surface area (Å²) in [4.78, 5) is 25.8. The van der Waals surface area contributed by atoms with Crippen molar-refractivity contribution in [2.24, 2.45) is 22.1 Å². The molecule has 2 aliphatic heterocycles. The standard InChI is InChI=1S/C25H40N6O.HI/c1-27-24(31-16-8-13-25(19-31)11-4-2-3-5-12-25)29-17-20-9-6-14-28-23(20)30-15-7-10-21(18-30)22(26)32;/h6,9,14,21H,2-5,7-8,10-13,15-19H2,1H3,(H2,26,32)(H,27,29);1H. The quantitative estimate of drug-likeness (QED) is 0.327. The number of aromatic nitrogens is 1. The number of carbonyl (C=O) groups excluding carboxylic acids is 1. The van der Waals surface area contributed by atoms with E-state index in [1.807, 2.05) is 19.3 Å². The predicted octanol–water partition coefficient (Wildman–Crippen LogP) is 3.91. The van der Waals surface area contributed by atoms with Crippen molar-refractivity contribution in [3.8, 4) is 0 Å². The van der Waals surface area contributed by atoms with Crippen molar-refractivity contribution >= 4 is 41.7 Å². The number of rotatable bonds is 4. The Morgan fingerprint density at radius 3 is 2.67 bits per heavy atom. The average molecular weight is 569 g/mol. The van der Waals surface area contributed by atoms with Crippen molar-refractivity contribution in [3.05, 3.63) is 23.9 Å². The predicted molar refractivity (Wildman–Crippen MR) is 145 cm³/mol. The second-order valence-electron chi connectivity index (χ2n) is 10.0. The van der Waals surface area contributed by atoms with E-state index >= 15 is 0 Å². The van der Waals surface area contributed by atoms with Crippen molar-refractivity contribution in [2.45, 2.75) is 70.8 Å². The highest BCUT2D eigenvalue weighted by molar-refractivity contribution is 14.0. The third-order valence-electron chi connectivity index (χ3n) is 7.76. The number of hydrogen-bond donors (Lipinski definition) is 2. The highest BCUT2D eigenvalue weighted by Gasteiger charge is 2.36. The molecule has 184 valence electrons. The van der Waals surface area contributed by atoms with Gasteiger partial charge in [-0.3, -0.25) is 9.79 Å². The van der Waals surface area contributed by atoms with E-state index in [9.17, 15) is 4.79 Å². The van der Waals surface area contributed by atoms with Gasteiger partial charge in [0.05, 0.1) is 5.92 Å². The maximum atomic E-state index is 11.7. The van der Waals surface area contributed by atoms with E-state index in [0.717, 1.165) is 49.8 Å². The van der Waals surface area contributed by atoms with Gasteiger partial charge >= 0.3 is 0 Å². The van der Waals surface area contributed by atoms with Gasteiger partial charge in [0.25, 0.3) is 0 Å². The van der Waals surface area contributed by atoms with Gasteiger partial charge in [-0.15, -0.1) is 24.0 Å². The van der Waals surface area contributed by atoms with Crippen LogP contribution in [0.25, 0.3) is 0 Å². The average Bonchev–Trinajstić information content (AvgIpc) is 3.05. The summed E-state index contributed by atoms with van der Waals surface area (Å²) in [6.45, 7) is 4.45. The van der Waals surface area contributed by atoms with Crippen LogP contribution in [0.5, 0.6) is 0 Å². The summed E-state index contributed by atoms with van der Waals surface area (Å²) in [5, 5.41) is 3.62. The smallest absolute Gasteiger partial charge is 0.222 e. The molecule has 3 aliphatic rings.